The van der Waals surface area contributed by atoms with Gasteiger partial charge in [0, 0.05) is 12.2 Å². The summed E-state index contributed by atoms with van der Waals surface area (Å²) in [5.41, 5.74) is 1.82. The van der Waals surface area contributed by atoms with Crippen LogP contribution in [0.25, 0.3) is 0 Å². The first kappa shape index (κ1) is 28.6. The van der Waals surface area contributed by atoms with Crippen LogP contribution in [0.4, 0.5) is 24.5 Å². The van der Waals surface area contributed by atoms with Gasteiger partial charge in [-0.1, -0.05) is 30.3 Å². The molecule has 40 heavy (non-hydrogen) atoms. The molecule has 2 amide bonds. The van der Waals surface area contributed by atoms with Crippen molar-refractivity contribution in [2.75, 3.05) is 16.8 Å². The van der Waals surface area contributed by atoms with Gasteiger partial charge in [0.15, 0.2) is 5.11 Å². The van der Waals surface area contributed by atoms with Crippen LogP contribution in [-0.4, -0.2) is 46.8 Å². The summed E-state index contributed by atoms with van der Waals surface area (Å²) >= 11 is 5.62. The summed E-state index contributed by atoms with van der Waals surface area (Å²) in [6.07, 6.45) is -5.07. The van der Waals surface area contributed by atoms with Gasteiger partial charge in [-0.2, -0.15) is 0 Å². The summed E-state index contributed by atoms with van der Waals surface area (Å²) in [6, 6.07) is 19.0. The third-order valence-electron chi connectivity index (χ3n) is 5.90. The Morgan fingerprint density at radius 1 is 0.975 bits per heavy atom. The van der Waals surface area contributed by atoms with Crippen molar-refractivity contribution in [3.8, 4) is 5.75 Å². The summed E-state index contributed by atoms with van der Waals surface area (Å²) < 4.78 is 46.5. The summed E-state index contributed by atoms with van der Waals surface area (Å²) in [7, 11) is 0. The van der Waals surface area contributed by atoms with E-state index in [2.05, 4.69) is 10.1 Å². The minimum Gasteiger partial charge on any atom is -0.462 e. The van der Waals surface area contributed by atoms with Crippen LogP contribution < -0.4 is 15.0 Å². The minimum absolute atomic E-state index is 0.0619. The number of carbonyl (C=O) groups excluding carboxylic acids is 3. The Bertz CT molecular complexity index is 1380. The zero-order chi connectivity index (χ0) is 28.9. The maximum Gasteiger partial charge on any atom is 0.573 e. The van der Waals surface area contributed by atoms with Crippen molar-refractivity contribution in [2.45, 2.75) is 32.3 Å². The van der Waals surface area contributed by atoms with E-state index in [4.69, 9.17) is 17.0 Å². The number of carbonyl (C=O) groups is 3. The smallest absolute Gasteiger partial charge is 0.462 e. The molecule has 3 aromatic carbocycles. The number of anilines is 2. The molecule has 1 N–H and O–H groups in total. The molecule has 0 aromatic heterocycles. The van der Waals surface area contributed by atoms with Crippen LogP contribution in [0.15, 0.2) is 78.9 Å². The number of nitrogens with zero attached hydrogens (tertiary/aromatic N) is 2. The summed E-state index contributed by atoms with van der Waals surface area (Å²) in [5, 5.41) is 2.87. The van der Waals surface area contributed by atoms with E-state index in [9.17, 15) is 27.6 Å². The number of amides is 2. The van der Waals surface area contributed by atoms with Gasteiger partial charge >= 0.3 is 12.3 Å². The highest BCUT2D eigenvalue weighted by molar-refractivity contribution is 7.80. The third kappa shape index (κ3) is 6.94. The standard InChI is InChI=1S/C28H24F3N3O5S/c1-2-38-26(37)19-10-12-20(13-11-19)32-24(35)16-23-25(36)34(21-6-4-3-5-7-21)27(40)33(23)17-18-8-14-22(15-9-18)39-28(29,30)31/h3-15,23H,2,16-17H2,1H3,(H,32,35). The van der Waals surface area contributed by atoms with Gasteiger partial charge in [-0.05, 0) is 73.2 Å². The number of ether oxygens (including phenoxy) is 2. The normalized spacial score (nSPS) is 15.2. The quantitative estimate of drug-likeness (QED) is 0.276. The number of para-hydroxylation sites is 1. The molecule has 4 rings (SSSR count). The topological polar surface area (TPSA) is 88.2 Å². The van der Waals surface area contributed by atoms with Crippen molar-refractivity contribution < 1.29 is 37.0 Å². The molecule has 0 bridgehead atoms. The number of rotatable bonds is 9. The number of benzene rings is 3. The van der Waals surface area contributed by atoms with Gasteiger partial charge in [0.1, 0.15) is 11.8 Å². The van der Waals surface area contributed by atoms with E-state index >= 15 is 0 Å². The van der Waals surface area contributed by atoms with E-state index in [1.807, 2.05) is 0 Å². The van der Waals surface area contributed by atoms with Crippen LogP contribution in [0.2, 0.25) is 0 Å². The second-order valence-corrected chi connectivity index (χ2v) is 9.04. The van der Waals surface area contributed by atoms with Crippen LogP contribution in [0.1, 0.15) is 29.3 Å². The first-order chi connectivity index (χ1) is 19.1. The molecular formula is C28H24F3N3O5S. The summed E-state index contributed by atoms with van der Waals surface area (Å²) in [6.45, 7) is 1.99. The fourth-order valence-corrected chi connectivity index (χ4v) is 4.50. The number of hydrogen-bond acceptors (Lipinski definition) is 6. The zero-order valence-corrected chi connectivity index (χ0v) is 22.0. The van der Waals surface area contributed by atoms with E-state index in [0.29, 0.717) is 22.5 Å². The van der Waals surface area contributed by atoms with E-state index < -0.39 is 30.2 Å². The van der Waals surface area contributed by atoms with E-state index in [-0.39, 0.29) is 30.4 Å². The predicted molar refractivity (Wildman–Crippen MR) is 145 cm³/mol. The number of alkyl halides is 3. The fourth-order valence-electron chi connectivity index (χ4n) is 4.11. The van der Waals surface area contributed by atoms with Crippen LogP contribution in [0, 0.1) is 0 Å². The predicted octanol–water partition coefficient (Wildman–Crippen LogP) is 5.29. The molecule has 1 aliphatic heterocycles. The van der Waals surface area contributed by atoms with Crippen LogP contribution >= 0.6 is 12.2 Å². The molecule has 8 nitrogen and oxygen atoms in total. The van der Waals surface area contributed by atoms with Gasteiger partial charge in [-0.3, -0.25) is 14.5 Å². The highest BCUT2D eigenvalue weighted by Gasteiger charge is 2.44. The molecule has 1 aliphatic rings. The molecule has 0 radical (unpaired) electrons. The number of hydrogen-bond donors (Lipinski definition) is 1. The molecule has 1 unspecified atom stereocenters. The fraction of sp³-hybridized carbons (Fsp3) is 0.214. The lowest BCUT2D eigenvalue weighted by Gasteiger charge is -2.24. The first-order valence-corrected chi connectivity index (χ1v) is 12.6. The number of nitrogens with one attached hydrogen (secondary N) is 1. The van der Waals surface area contributed by atoms with Crippen molar-refractivity contribution in [2.24, 2.45) is 0 Å². The molecule has 12 heteroatoms. The molecule has 208 valence electrons. The van der Waals surface area contributed by atoms with Gasteiger partial charge in [-0.15, -0.1) is 13.2 Å². The van der Waals surface area contributed by atoms with Gasteiger partial charge in [0.2, 0.25) is 5.91 Å². The Kier molecular flexibility index (Phi) is 8.68. The van der Waals surface area contributed by atoms with Crippen molar-refractivity contribution in [3.05, 3.63) is 90.0 Å². The minimum atomic E-state index is -4.82. The summed E-state index contributed by atoms with van der Waals surface area (Å²) in [5.74, 6) is -1.76. The molecule has 0 saturated carbocycles. The Hall–Kier alpha value is -4.45. The van der Waals surface area contributed by atoms with E-state index in [1.165, 1.54) is 41.3 Å². The van der Waals surface area contributed by atoms with Crippen LogP contribution in [-0.2, 0) is 20.9 Å². The molecule has 3 aromatic rings. The second kappa shape index (κ2) is 12.2. The Morgan fingerprint density at radius 2 is 1.62 bits per heavy atom. The van der Waals surface area contributed by atoms with Crippen LogP contribution in [0.5, 0.6) is 5.75 Å². The third-order valence-corrected chi connectivity index (χ3v) is 6.32. The zero-order valence-electron chi connectivity index (χ0n) is 21.2. The lowest BCUT2D eigenvalue weighted by atomic mass is 10.1. The maximum atomic E-state index is 13.5. The molecule has 0 spiro atoms. The molecule has 0 aliphatic carbocycles. The van der Waals surface area contributed by atoms with Gasteiger partial charge in [0.25, 0.3) is 5.91 Å². The van der Waals surface area contributed by atoms with Crippen LogP contribution in [0.3, 0.4) is 0 Å². The number of thiocarbonyl (C=S) groups is 1. The lowest BCUT2D eigenvalue weighted by molar-refractivity contribution is -0.274. The first-order valence-electron chi connectivity index (χ1n) is 12.2. The highest BCUT2D eigenvalue weighted by Crippen LogP contribution is 2.30. The average Bonchev–Trinajstić information content (AvgIpc) is 3.13. The Balaban J connectivity index is 1.52. The van der Waals surface area contributed by atoms with Crippen molar-refractivity contribution >= 4 is 46.5 Å². The van der Waals surface area contributed by atoms with Gasteiger partial charge in [0.05, 0.1) is 24.3 Å². The Morgan fingerprint density at radius 3 is 2.23 bits per heavy atom. The Labute approximate surface area is 233 Å². The molecular weight excluding hydrogens is 547 g/mol. The number of halogens is 3. The lowest BCUT2D eigenvalue weighted by Crippen LogP contribution is -2.37. The molecule has 1 heterocycles. The average molecular weight is 572 g/mol. The summed E-state index contributed by atoms with van der Waals surface area (Å²) in [4.78, 5) is 41.3. The van der Waals surface area contributed by atoms with E-state index in [0.717, 1.165) is 0 Å². The molecule has 1 fully saturated rings. The number of esters is 1. The van der Waals surface area contributed by atoms with E-state index in [1.54, 1.807) is 54.3 Å². The van der Waals surface area contributed by atoms with Crippen molar-refractivity contribution in [1.29, 1.82) is 0 Å². The molecule has 1 saturated heterocycles. The van der Waals surface area contributed by atoms with Gasteiger partial charge in [-0.25, -0.2) is 4.79 Å². The largest absolute Gasteiger partial charge is 0.573 e. The molecule has 1 atom stereocenters. The monoisotopic (exact) mass is 571 g/mol. The second-order valence-electron chi connectivity index (χ2n) is 8.68. The van der Waals surface area contributed by atoms with Crippen molar-refractivity contribution in [3.63, 3.8) is 0 Å². The van der Waals surface area contributed by atoms with Gasteiger partial charge < -0.3 is 19.7 Å². The highest BCUT2D eigenvalue weighted by atomic mass is 32.1. The van der Waals surface area contributed by atoms with Crippen molar-refractivity contribution in [1.82, 2.24) is 4.90 Å². The SMILES string of the molecule is CCOC(=O)c1ccc(NC(=O)CC2C(=O)N(c3ccccc3)C(=S)N2Cc2ccc(OC(F)(F)F)cc2)cc1. The maximum absolute atomic E-state index is 13.5.